The van der Waals surface area contributed by atoms with Crippen LogP contribution in [0.15, 0.2) is 41.1 Å². The van der Waals surface area contributed by atoms with Gasteiger partial charge in [-0.3, -0.25) is 0 Å². The molecule has 1 atom stereocenters. The molecule has 0 aliphatic rings. The third kappa shape index (κ3) is 6.67. The van der Waals surface area contributed by atoms with E-state index in [9.17, 15) is 5.11 Å². The van der Waals surface area contributed by atoms with Crippen LogP contribution in [0.2, 0.25) is 18.1 Å². The molecule has 1 aromatic carbocycles. The van der Waals surface area contributed by atoms with Gasteiger partial charge >= 0.3 is 0 Å². The third-order valence-corrected chi connectivity index (χ3v) is 9.16. The van der Waals surface area contributed by atoms with E-state index in [4.69, 9.17) is 4.43 Å². The smallest absolute Gasteiger partial charge is 0.249 e. The first-order valence-corrected chi connectivity index (χ1v) is 11.6. The van der Waals surface area contributed by atoms with Crippen LogP contribution in [0.4, 0.5) is 0 Å². The van der Waals surface area contributed by atoms with Crippen LogP contribution >= 0.6 is 15.9 Å². The monoisotopic (exact) mass is 384 g/mol. The van der Waals surface area contributed by atoms with Gasteiger partial charge in [-0.2, -0.15) is 0 Å². The highest BCUT2D eigenvalue weighted by Crippen LogP contribution is 2.36. The molecule has 1 unspecified atom stereocenters. The minimum Gasteiger partial charge on any atom is -0.549 e. The Morgan fingerprint density at radius 2 is 2.00 bits per heavy atom. The molecule has 0 saturated heterocycles. The average molecular weight is 385 g/mol. The van der Waals surface area contributed by atoms with Gasteiger partial charge < -0.3 is 9.53 Å². The molecule has 124 valence electrons. The summed E-state index contributed by atoms with van der Waals surface area (Å²) in [5.74, 6) is 0. The Labute approximate surface area is 144 Å². The number of aliphatic hydroxyl groups excluding tert-OH is 1. The van der Waals surface area contributed by atoms with E-state index in [0.717, 1.165) is 17.3 Å². The molecular weight excluding hydrogens is 356 g/mol. The molecule has 0 fully saturated rings. The summed E-state index contributed by atoms with van der Waals surface area (Å²) in [6, 6.07) is 8.23. The van der Waals surface area contributed by atoms with Crippen molar-refractivity contribution in [2.45, 2.75) is 64.3 Å². The lowest BCUT2D eigenvalue weighted by Gasteiger charge is -2.35. The predicted octanol–water partition coefficient (Wildman–Crippen LogP) is 5.67. The van der Waals surface area contributed by atoms with Gasteiger partial charge in [-0.25, -0.2) is 0 Å². The second kappa shape index (κ2) is 8.32. The predicted molar refractivity (Wildman–Crippen MR) is 101 cm³/mol. The van der Waals surface area contributed by atoms with Gasteiger partial charge in [-0.05, 0) is 61.2 Å². The molecule has 0 bridgehead atoms. The zero-order chi connectivity index (χ0) is 16.8. The largest absolute Gasteiger partial charge is 0.549 e. The van der Waals surface area contributed by atoms with E-state index in [1.807, 2.05) is 18.2 Å². The second-order valence-electron chi connectivity index (χ2n) is 7.31. The minimum absolute atomic E-state index is 0.205. The Morgan fingerprint density at radius 3 is 2.59 bits per heavy atom. The maximum absolute atomic E-state index is 10.1. The molecule has 0 spiro atoms. The molecule has 0 amide bonds. The van der Waals surface area contributed by atoms with Crippen molar-refractivity contribution in [3.63, 3.8) is 0 Å². The van der Waals surface area contributed by atoms with Crippen LogP contribution < -0.4 is 0 Å². The van der Waals surface area contributed by atoms with Crippen molar-refractivity contribution < 1.29 is 9.53 Å². The summed E-state index contributed by atoms with van der Waals surface area (Å²) in [6.07, 6.45) is 5.71. The van der Waals surface area contributed by atoms with E-state index in [0.29, 0.717) is 6.42 Å². The van der Waals surface area contributed by atoms with Gasteiger partial charge in [0.2, 0.25) is 8.32 Å². The fourth-order valence-electron chi connectivity index (χ4n) is 1.75. The summed E-state index contributed by atoms with van der Waals surface area (Å²) in [5.41, 5.74) is 1.25. The number of aliphatic hydroxyl groups is 1. The van der Waals surface area contributed by atoms with E-state index in [1.54, 1.807) is 6.26 Å². The van der Waals surface area contributed by atoms with E-state index in [2.05, 4.69) is 61.9 Å². The molecule has 4 heteroatoms. The van der Waals surface area contributed by atoms with E-state index in [-0.39, 0.29) is 11.1 Å². The Morgan fingerprint density at radius 1 is 1.32 bits per heavy atom. The van der Waals surface area contributed by atoms with E-state index < -0.39 is 8.32 Å². The van der Waals surface area contributed by atoms with Crippen LogP contribution in [0.25, 0.3) is 0 Å². The van der Waals surface area contributed by atoms with Crippen molar-refractivity contribution in [3.8, 4) is 0 Å². The summed E-state index contributed by atoms with van der Waals surface area (Å²) < 4.78 is 7.05. The lowest BCUT2D eigenvalue weighted by molar-refractivity contribution is 0.167. The highest BCUT2D eigenvalue weighted by molar-refractivity contribution is 9.10. The summed E-state index contributed by atoms with van der Waals surface area (Å²) in [6.45, 7) is 11.1. The summed E-state index contributed by atoms with van der Waals surface area (Å²) in [4.78, 5) is 0. The lowest BCUT2D eigenvalue weighted by atomic mass is 10.1. The van der Waals surface area contributed by atoms with Crippen LogP contribution in [-0.4, -0.2) is 19.5 Å². The van der Waals surface area contributed by atoms with Gasteiger partial charge in [-0.15, -0.1) is 0 Å². The van der Waals surface area contributed by atoms with Gasteiger partial charge in [0.15, 0.2) is 0 Å². The number of halogens is 1. The summed E-state index contributed by atoms with van der Waals surface area (Å²) >= 11 is 3.47. The first kappa shape index (κ1) is 19.5. The van der Waals surface area contributed by atoms with Crippen molar-refractivity contribution in [1.29, 1.82) is 0 Å². The molecule has 0 radical (unpaired) electrons. The molecular formula is C18H29BrO2Si. The number of benzene rings is 1. The van der Waals surface area contributed by atoms with Crippen molar-refractivity contribution in [2.24, 2.45) is 0 Å². The van der Waals surface area contributed by atoms with Gasteiger partial charge in [0.1, 0.15) is 0 Å². The van der Waals surface area contributed by atoms with Crippen LogP contribution in [0.1, 0.15) is 39.2 Å². The molecule has 0 aromatic heterocycles. The highest BCUT2D eigenvalue weighted by atomic mass is 79.9. The molecule has 0 aliphatic carbocycles. The number of hydrogen-bond donors (Lipinski definition) is 1. The normalized spacial score (nSPS) is 14.3. The van der Waals surface area contributed by atoms with Crippen LogP contribution in [-0.2, 0) is 10.8 Å². The Hall–Kier alpha value is -0.583. The lowest BCUT2D eigenvalue weighted by Crippen LogP contribution is -2.39. The zero-order valence-corrected chi connectivity index (χ0v) is 17.0. The van der Waals surface area contributed by atoms with Gasteiger partial charge in [0.25, 0.3) is 0 Å². The molecule has 1 rings (SSSR count). The molecule has 2 nitrogen and oxygen atoms in total. The van der Waals surface area contributed by atoms with Crippen LogP contribution in [0.5, 0.6) is 0 Å². The Balaban J connectivity index is 2.34. The number of hydrogen-bond acceptors (Lipinski definition) is 2. The number of rotatable bonds is 7. The van der Waals surface area contributed by atoms with Gasteiger partial charge in [0.05, 0.1) is 12.4 Å². The van der Waals surface area contributed by atoms with E-state index in [1.165, 1.54) is 5.56 Å². The summed E-state index contributed by atoms with van der Waals surface area (Å²) in [7, 11) is -1.73. The Bertz CT molecular complexity index is 492. The van der Waals surface area contributed by atoms with Gasteiger partial charge in [0, 0.05) is 4.47 Å². The first-order valence-electron chi connectivity index (χ1n) is 7.87. The van der Waals surface area contributed by atoms with Crippen molar-refractivity contribution in [1.82, 2.24) is 0 Å². The molecule has 0 aliphatic heterocycles. The molecule has 1 aromatic rings. The van der Waals surface area contributed by atoms with Crippen LogP contribution in [0.3, 0.4) is 0 Å². The molecule has 22 heavy (non-hydrogen) atoms. The third-order valence-electron chi connectivity index (χ3n) is 4.33. The number of aryl methyl sites for hydroxylation is 1. The fraction of sp³-hybridized carbons (Fsp3) is 0.556. The molecule has 0 heterocycles. The topological polar surface area (TPSA) is 29.5 Å². The highest BCUT2D eigenvalue weighted by Gasteiger charge is 2.37. The maximum Gasteiger partial charge on any atom is 0.249 e. The quantitative estimate of drug-likeness (QED) is 0.484. The van der Waals surface area contributed by atoms with Crippen LogP contribution in [0, 0.1) is 0 Å². The zero-order valence-electron chi connectivity index (χ0n) is 14.4. The molecule has 0 saturated carbocycles. The SMILES string of the molecule is CC(C)(C)[Si](C)(C)OC=CCC(O)CCc1cccc(Br)c1. The summed E-state index contributed by atoms with van der Waals surface area (Å²) in [5, 5.41) is 10.3. The standard InChI is InChI=1S/C18H29BrO2Si/c1-18(2,3)22(4,5)21-13-7-10-17(20)12-11-15-8-6-9-16(19)14-15/h6-9,13-14,17,20H,10-12H2,1-5H3. The minimum atomic E-state index is -1.73. The Kier molecular flexibility index (Phi) is 7.36. The maximum atomic E-state index is 10.1. The fourth-order valence-corrected chi connectivity index (χ4v) is 2.99. The molecule has 1 N–H and O–H groups in total. The second-order valence-corrected chi connectivity index (χ2v) is 13.0. The van der Waals surface area contributed by atoms with Crippen molar-refractivity contribution in [3.05, 3.63) is 46.6 Å². The van der Waals surface area contributed by atoms with Crippen molar-refractivity contribution >= 4 is 24.2 Å². The van der Waals surface area contributed by atoms with E-state index >= 15 is 0 Å². The average Bonchev–Trinajstić information content (AvgIpc) is 2.40. The first-order chi connectivity index (χ1) is 10.1. The van der Waals surface area contributed by atoms with Gasteiger partial charge in [-0.1, -0.05) is 48.8 Å². The van der Waals surface area contributed by atoms with Crippen molar-refractivity contribution in [2.75, 3.05) is 0 Å².